The van der Waals surface area contributed by atoms with E-state index in [9.17, 15) is 9.59 Å². The van der Waals surface area contributed by atoms with Crippen LogP contribution in [0.1, 0.15) is 5.69 Å². The van der Waals surface area contributed by atoms with Gasteiger partial charge in [-0.2, -0.15) is 0 Å². The average Bonchev–Trinajstić information content (AvgIpc) is 2.98. The number of nitrogens with one attached hydrogen (secondary N) is 1. The summed E-state index contributed by atoms with van der Waals surface area (Å²) in [6.45, 7) is -0.356. The van der Waals surface area contributed by atoms with Crippen molar-refractivity contribution in [2.45, 2.75) is 6.42 Å². The molecule has 3 rings (SSSR count). The molecule has 1 N–H and O–H groups in total. The number of carbonyl (C=O) groups is 2. The lowest BCUT2D eigenvalue weighted by Crippen LogP contribution is -2.21. The van der Waals surface area contributed by atoms with Crippen LogP contribution in [0, 0.1) is 0 Å². The van der Waals surface area contributed by atoms with Crippen LogP contribution in [0.4, 0.5) is 5.69 Å². The molecule has 2 aromatic carbocycles. The molecule has 122 valence electrons. The van der Waals surface area contributed by atoms with E-state index in [2.05, 4.69) is 26.4 Å². The van der Waals surface area contributed by atoms with Gasteiger partial charge in [0.1, 0.15) is 5.69 Å². The average molecular weight is 389 g/mol. The van der Waals surface area contributed by atoms with Crippen molar-refractivity contribution >= 4 is 44.5 Å². The number of carbonyl (C=O) groups excluding carboxylic acids is 2. The van der Waals surface area contributed by atoms with Crippen LogP contribution in [0.2, 0.25) is 0 Å². The SMILES string of the molecule is O=C(COC(=O)Cc1noc2ccccc12)Nc1ccc(Br)cc1. The van der Waals surface area contributed by atoms with Gasteiger partial charge in [-0.3, -0.25) is 9.59 Å². The number of para-hydroxylation sites is 1. The maximum Gasteiger partial charge on any atom is 0.312 e. The fourth-order valence-electron chi connectivity index (χ4n) is 2.13. The molecule has 0 aliphatic carbocycles. The normalized spacial score (nSPS) is 10.5. The number of rotatable bonds is 5. The standard InChI is InChI=1S/C17H13BrN2O4/c18-11-5-7-12(8-6-11)19-16(21)10-23-17(22)9-14-13-3-1-2-4-15(13)24-20-14/h1-8H,9-10H2,(H,19,21). The summed E-state index contributed by atoms with van der Waals surface area (Å²) < 4.78 is 11.0. The highest BCUT2D eigenvalue weighted by molar-refractivity contribution is 9.10. The Bertz CT molecular complexity index is 874. The van der Waals surface area contributed by atoms with E-state index in [1.165, 1.54) is 0 Å². The second kappa shape index (κ2) is 7.27. The summed E-state index contributed by atoms with van der Waals surface area (Å²) in [4.78, 5) is 23.6. The quantitative estimate of drug-likeness (QED) is 0.678. The highest BCUT2D eigenvalue weighted by Gasteiger charge is 2.14. The van der Waals surface area contributed by atoms with Crippen LogP contribution >= 0.6 is 15.9 Å². The fraction of sp³-hybridized carbons (Fsp3) is 0.118. The van der Waals surface area contributed by atoms with Gasteiger partial charge in [0, 0.05) is 15.5 Å². The lowest BCUT2D eigenvalue weighted by atomic mass is 10.2. The maximum absolute atomic E-state index is 11.9. The number of fused-ring (bicyclic) bond motifs is 1. The highest BCUT2D eigenvalue weighted by Crippen LogP contribution is 2.18. The number of halogens is 1. The van der Waals surface area contributed by atoms with Gasteiger partial charge < -0.3 is 14.6 Å². The first-order valence-corrected chi connectivity index (χ1v) is 7.95. The van der Waals surface area contributed by atoms with E-state index in [0.29, 0.717) is 17.0 Å². The zero-order valence-corrected chi connectivity index (χ0v) is 14.1. The molecule has 3 aromatic rings. The molecule has 0 spiro atoms. The van der Waals surface area contributed by atoms with Gasteiger partial charge in [-0.05, 0) is 36.4 Å². The van der Waals surface area contributed by atoms with Gasteiger partial charge >= 0.3 is 5.97 Å². The maximum atomic E-state index is 11.9. The lowest BCUT2D eigenvalue weighted by molar-refractivity contribution is -0.146. The van der Waals surface area contributed by atoms with Gasteiger partial charge in [-0.25, -0.2) is 0 Å². The Kier molecular flexibility index (Phi) is 4.90. The minimum atomic E-state index is -0.542. The van der Waals surface area contributed by atoms with Gasteiger partial charge in [0.05, 0.1) is 6.42 Å². The van der Waals surface area contributed by atoms with Crippen LogP contribution in [0.5, 0.6) is 0 Å². The highest BCUT2D eigenvalue weighted by atomic mass is 79.9. The van der Waals surface area contributed by atoms with Gasteiger partial charge in [0.25, 0.3) is 5.91 Å². The molecule has 6 nitrogen and oxygen atoms in total. The first-order valence-electron chi connectivity index (χ1n) is 7.16. The number of amides is 1. The molecule has 1 aromatic heterocycles. The van der Waals surface area contributed by atoms with Gasteiger partial charge in [0.15, 0.2) is 12.2 Å². The van der Waals surface area contributed by atoms with Crippen molar-refractivity contribution in [2.75, 3.05) is 11.9 Å². The number of nitrogens with zero attached hydrogens (tertiary/aromatic N) is 1. The van der Waals surface area contributed by atoms with Crippen molar-refractivity contribution < 1.29 is 18.8 Å². The molecule has 0 unspecified atom stereocenters. The number of hydrogen-bond donors (Lipinski definition) is 1. The summed E-state index contributed by atoms with van der Waals surface area (Å²) in [6.07, 6.45) is -0.0530. The summed E-state index contributed by atoms with van der Waals surface area (Å²) in [5, 5.41) is 7.26. The Labute approximate surface area is 145 Å². The Morgan fingerprint density at radius 1 is 1.12 bits per heavy atom. The van der Waals surface area contributed by atoms with E-state index in [1.54, 1.807) is 30.3 Å². The predicted octanol–water partition coefficient (Wildman–Crippen LogP) is 3.31. The van der Waals surface area contributed by atoms with Crippen molar-refractivity contribution in [3.05, 3.63) is 58.7 Å². The molecular formula is C17H13BrN2O4. The monoisotopic (exact) mass is 388 g/mol. The molecule has 1 heterocycles. The Balaban J connectivity index is 1.52. The summed E-state index contributed by atoms with van der Waals surface area (Å²) in [5.41, 5.74) is 1.72. The minimum Gasteiger partial charge on any atom is -0.455 e. The molecule has 0 bridgehead atoms. The molecule has 0 fully saturated rings. The van der Waals surface area contributed by atoms with Crippen molar-refractivity contribution in [1.29, 1.82) is 0 Å². The van der Waals surface area contributed by atoms with Crippen molar-refractivity contribution in [3.8, 4) is 0 Å². The summed E-state index contributed by atoms with van der Waals surface area (Å²) in [7, 11) is 0. The van der Waals surface area contributed by atoms with E-state index >= 15 is 0 Å². The second-order valence-electron chi connectivity index (χ2n) is 5.02. The van der Waals surface area contributed by atoms with E-state index in [4.69, 9.17) is 9.26 Å². The van der Waals surface area contributed by atoms with Crippen LogP contribution in [-0.2, 0) is 20.7 Å². The number of esters is 1. The van der Waals surface area contributed by atoms with E-state index in [0.717, 1.165) is 9.86 Å². The first kappa shape index (κ1) is 16.2. The van der Waals surface area contributed by atoms with E-state index in [1.807, 2.05) is 18.2 Å². The minimum absolute atomic E-state index is 0.0530. The Morgan fingerprint density at radius 2 is 1.88 bits per heavy atom. The summed E-state index contributed by atoms with van der Waals surface area (Å²) in [6, 6.07) is 14.3. The van der Waals surface area contributed by atoms with Crippen molar-refractivity contribution in [1.82, 2.24) is 5.16 Å². The molecule has 0 aliphatic rings. The van der Waals surface area contributed by atoms with Crippen molar-refractivity contribution in [2.24, 2.45) is 0 Å². The molecule has 7 heteroatoms. The van der Waals surface area contributed by atoms with Crippen LogP contribution in [-0.4, -0.2) is 23.6 Å². The lowest BCUT2D eigenvalue weighted by Gasteiger charge is -2.06. The zero-order chi connectivity index (χ0) is 16.9. The zero-order valence-electron chi connectivity index (χ0n) is 12.5. The van der Waals surface area contributed by atoms with E-state index in [-0.39, 0.29) is 13.0 Å². The molecule has 0 aliphatic heterocycles. The van der Waals surface area contributed by atoms with Gasteiger partial charge in [-0.15, -0.1) is 0 Å². The predicted molar refractivity (Wildman–Crippen MR) is 91.4 cm³/mol. The van der Waals surface area contributed by atoms with Crippen LogP contribution in [0.15, 0.2) is 57.5 Å². The third-order valence-electron chi connectivity index (χ3n) is 3.26. The second-order valence-corrected chi connectivity index (χ2v) is 5.93. The number of ether oxygens (including phenoxy) is 1. The molecule has 1 amide bonds. The third-order valence-corrected chi connectivity index (χ3v) is 3.78. The topological polar surface area (TPSA) is 81.4 Å². The first-order chi connectivity index (χ1) is 11.6. The smallest absolute Gasteiger partial charge is 0.312 e. The Morgan fingerprint density at radius 3 is 2.67 bits per heavy atom. The summed E-state index contributed by atoms with van der Waals surface area (Å²) in [5.74, 6) is -0.948. The van der Waals surface area contributed by atoms with Gasteiger partial charge in [-0.1, -0.05) is 33.2 Å². The largest absolute Gasteiger partial charge is 0.455 e. The van der Waals surface area contributed by atoms with Gasteiger partial charge in [0.2, 0.25) is 0 Å². The fourth-order valence-corrected chi connectivity index (χ4v) is 2.39. The number of benzene rings is 2. The molecule has 24 heavy (non-hydrogen) atoms. The third kappa shape index (κ3) is 3.99. The number of aromatic nitrogens is 1. The molecule has 0 atom stereocenters. The van der Waals surface area contributed by atoms with E-state index < -0.39 is 11.9 Å². The molecule has 0 saturated heterocycles. The molecular weight excluding hydrogens is 376 g/mol. The number of hydrogen-bond acceptors (Lipinski definition) is 5. The van der Waals surface area contributed by atoms with Crippen LogP contribution in [0.25, 0.3) is 11.0 Å². The molecule has 0 saturated carbocycles. The summed E-state index contributed by atoms with van der Waals surface area (Å²) >= 11 is 3.31. The van der Waals surface area contributed by atoms with Crippen molar-refractivity contribution in [3.63, 3.8) is 0 Å². The molecule has 0 radical (unpaired) electrons. The number of anilines is 1. The van der Waals surface area contributed by atoms with Crippen LogP contribution < -0.4 is 5.32 Å². The Hall–Kier alpha value is -2.67. The van der Waals surface area contributed by atoms with Crippen LogP contribution in [0.3, 0.4) is 0 Å².